The number of hydrogen-bond donors (Lipinski definition) is 0. The molecule has 0 saturated carbocycles. The summed E-state index contributed by atoms with van der Waals surface area (Å²) in [7, 11) is 1.43. The summed E-state index contributed by atoms with van der Waals surface area (Å²) in [6, 6.07) is 0. The Morgan fingerprint density at radius 1 is 1.29 bits per heavy atom. The summed E-state index contributed by atoms with van der Waals surface area (Å²) < 4.78 is 9.24. The zero-order valence-corrected chi connectivity index (χ0v) is 15.0. The van der Waals surface area contributed by atoms with E-state index >= 15 is 0 Å². The number of ether oxygens (including phenoxy) is 1. The molecule has 0 bridgehead atoms. The first-order chi connectivity index (χ1) is 11.0. The molecule has 0 aliphatic rings. The SMILES string of the molecule is CC(C)Cn1c(=O)n(C)c(=O)c2c1ncn2COC(=O)C(C)(C)C. The third-order valence-corrected chi connectivity index (χ3v) is 3.59. The molecule has 0 aliphatic carbocycles. The minimum absolute atomic E-state index is 0.123. The number of aromatic nitrogens is 4. The van der Waals surface area contributed by atoms with E-state index in [2.05, 4.69) is 4.98 Å². The van der Waals surface area contributed by atoms with Crippen LogP contribution in [-0.4, -0.2) is 24.7 Å². The monoisotopic (exact) mass is 336 g/mol. The fraction of sp³-hybridized carbons (Fsp3) is 0.625. The molecule has 0 unspecified atom stereocenters. The lowest BCUT2D eigenvalue weighted by molar-refractivity contribution is -0.156. The van der Waals surface area contributed by atoms with Crippen molar-refractivity contribution in [2.75, 3.05) is 0 Å². The Balaban J connectivity index is 2.52. The summed E-state index contributed by atoms with van der Waals surface area (Å²) >= 11 is 0. The van der Waals surface area contributed by atoms with Gasteiger partial charge in [-0.15, -0.1) is 0 Å². The molecule has 8 heteroatoms. The van der Waals surface area contributed by atoms with Crippen LogP contribution >= 0.6 is 0 Å². The maximum atomic E-state index is 12.5. The van der Waals surface area contributed by atoms with Crippen molar-refractivity contribution in [3.63, 3.8) is 0 Å². The Hall–Kier alpha value is -2.38. The first kappa shape index (κ1) is 18.0. The molecular weight excluding hydrogens is 312 g/mol. The number of nitrogens with zero attached hydrogens (tertiary/aromatic N) is 4. The summed E-state index contributed by atoms with van der Waals surface area (Å²) in [4.78, 5) is 40.9. The molecule has 0 atom stereocenters. The van der Waals surface area contributed by atoms with Crippen LogP contribution in [0.4, 0.5) is 0 Å². The molecule has 0 saturated heterocycles. The molecular formula is C16H24N4O4. The molecule has 2 heterocycles. The van der Waals surface area contributed by atoms with Gasteiger partial charge in [-0.05, 0) is 26.7 Å². The molecule has 2 rings (SSSR count). The number of carbonyl (C=O) groups is 1. The van der Waals surface area contributed by atoms with Gasteiger partial charge in [-0.3, -0.25) is 23.3 Å². The van der Waals surface area contributed by atoms with Crippen LogP contribution in [0.2, 0.25) is 0 Å². The fourth-order valence-corrected chi connectivity index (χ4v) is 2.28. The van der Waals surface area contributed by atoms with Crippen LogP contribution in [0.5, 0.6) is 0 Å². The number of fused-ring (bicyclic) bond motifs is 1. The average molecular weight is 336 g/mol. The van der Waals surface area contributed by atoms with E-state index in [1.54, 1.807) is 20.8 Å². The summed E-state index contributed by atoms with van der Waals surface area (Å²) in [5.74, 6) is -0.163. The summed E-state index contributed by atoms with van der Waals surface area (Å²) in [6.07, 6.45) is 1.41. The van der Waals surface area contributed by atoms with E-state index in [0.717, 1.165) is 4.57 Å². The van der Waals surface area contributed by atoms with E-state index in [-0.39, 0.29) is 24.1 Å². The highest BCUT2D eigenvalue weighted by atomic mass is 16.5. The first-order valence-electron chi connectivity index (χ1n) is 7.86. The molecule has 2 aromatic heterocycles. The van der Waals surface area contributed by atoms with Gasteiger partial charge in [-0.2, -0.15) is 0 Å². The minimum atomic E-state index is -0.638. The van der Waals surface area contributed by atoms with E-state index in [1.807, 2.05) is 13.8 Å². The van der Waals surface area contributed by atoms with Crippen molar-refractivity contribution >= 4 is 17.1 Å². The quantitative estimate of drug-likeness (QED) is 0.780. The molecule has 0 radical (unpaired) electrons. The predicted molar refractivity (Wildman–Crippen MR) is 89.6 cm³/mol. The second-order valence-corrected chi connectivity index (χ2v) is 7.35. The number of imidazole rings is 1. The van der Waals surface area contributed by atoms with Gasteiger partial charge in [-0.1, -0.05) is 13.8 Å². The summed E-state index contributed by atoms with van der Waals surface area (Å²) in [5.41, 5.74) is -0.943. The van der Waals surface area contributed by atoms with Crippen molar-refractivity contribution in [1.82, 2.24) is 18.7 Å². The van der Waals surface area contributed by atoms with Gasteiger partial charge >= 0.3 is 11.7 Å². The molecule has 0 spiro atoms. The standard InChI is InChI=1S/C16H24N4O4/c1-10(2)7-20-12-11(13(21)18(6)15(20)23)19(8-17-12)9-24-14(22)16(3,4)5/h8,10H,7,9H2,1-6H3. The van der Waals surface area contributed by atoms with Gasteiger partial charge in [0.15, 0.2) is 17.9 Å². The number of esters is 1. The van der Waals surface area contributed by atoms with E-state index in [0.29, 0.717) is 12.2 Å². The first-order valence-corrected chi connectivity index (χ1v) is 7.86. The summed E-state index contributed by atoms with van der Waals surface area (Å²) in [6.45, 7) is 9.53. The molecule has 132 valence electrons. The zero-order chi connectivity index (χ0) is 18.2. The van der Waals surface area contributed by atoms with Crippen molar-refractivity contribution in [1.29, 1.82) is 0 Å². The van der Waals surface area contributed by atoms with Crippen LogP contribution in [0.1, 0.15) is 34.6 Å². The Morgan fingerprint density at radius 3 is 2.46 bits per heavy atom. The van der Waals surface area contributed by atoms with Crippen molar-refractivity contribution < 1.29 is 9.53 Å². The second kappa shape index (κ2) is 6.26. The Labute approximate surface area is 139 Å². The van der Waals surface area contributed by atoms with Crippen molar-refractivity contribution in [2.45, 2.75) is 47.9 Å². The normalized spacial score (nSPS) is 12.1. The largest absolute Gasteiger partial charge is 0.443 e. The van der Waals surface area contributed by atoms with Gasteiger partial charge in [0.2, 0.25) is 0 Å². The fourth-order valence-electron chi connectivity index (χ4n) is 2.28. The molecule has 0 fully saturated rings. The van der Waals surface area contributed by atoms with Gasteiger partial charge in [0, 0.05) is 13.6 Å². The van der Waals surface area contributed by atoms with Crippen molar-refractivity contribution in [3.05, 3.63) is 27.2 Å². The molecule has 0 amide bonds. The van der Waals surface area contributed by atoms with Crippen LogP contribution in [0, 0.1) is 11.3 Å². The predicted octanol–water partition coefficient (Wildman–Crippen LogP) is 1.10. The molecule has 24 heavy (non-hydrogen) atoms. The lowest BCUT2D eigenvalue weighted by Gasteiger charge is -2.17. The molecule has 0 aliphatic heterocycles. The average Bonchev–Trinajstić information content (AvgIpc) is 2.89. The van der Waals surface area contributed by atoms with Crippen molar-refractivity contribution in [3.8, 4) is 0 Å². The molecule has 0 N–H and O–H groups in total. The number of carbonyl (C=O) groups excluding carboxylic acids is 1. The third-order valence-electron chi connectivity index (χ3n) is 3.59. The van der Waals surface area contributed by atoms with Gasteiger partial charge in [0.1, 0.15) is 6.33 Å². The van der Waals surface area contributed by atoms with E-state index < -0.39 is 16.7 Å². The highest BCUT2D eigenvalue weighted by Gasteiger charge is 2.24. The topological polar surface area (TPSA) is 88.1 Å². The Bertz CT molecular complexity index is 880. The maximum Gasteiger partial charge on any atom is 0.332 e. The zero-order valence-electron chi connectivity index (χ0n) is 15.0. The third kappa shape index (κ3) is 3.27. The van der Waals surface area contributed by atoms with Gasteiger partial charge in [-0.25, -0.2) is 9.78 Å². The van der Waals surface area contributed by atoms with E-state index in [9.17, 15) is 14.4 Å². The van der Waals surface area contributed by atoms with Crippen LogP contribution in [0.25, 0.3) is 11.2 Å². The summed E-state index contributed by atoms with van der Waals surface area (Å²) in [5, 5.41) is 0. The molecule has 0 aromatic carbocycles. The van der Waals surface area contributed by atoms with Crippen LogP contribution in [-0.2, 0) is 29.9 Å². The van der Waals surface area contributed by atoms with Crippen LogP contribution < -0.4 is 11.2 Å². The Kier molecular flexibility index (Phi) is 4.68. The van der Waals surface area contributed by atoms with Gasteiger partial charge < -0.3 is 4.74 Å². The highest BCUT2D eigenvalue weighted by Crippen LogP contribution is 2.16. The number of rotatable bonds is 4. The van der Waals surface area contributed by atoms with E-state index in [4.69, 9.17) is 4.74 Å². The van der Waals surface area contributed by atoms with E-state index in [1.165, 1.54) is 22.5 Å². The van der Waals surface area contributed by atoms with Gasteiger partial charge in [0.05, 0.1) is 5.41 Å². The lowest BCUT2D eigenvalue weighted by atomic mass is 9.98. The maximum absolute atomic E-state index is 12.5. The van der Waals surface area contributed by atoms with Crippen LogP contribution in [0.15, 0.2) is 15.9 Å². The lowest BCUT2D eigenvalue weighted by Crippen LogP contribution is -2.39. The molecule has 2 aromatic rings. The van der Waals surface area contributed by atoms with Crippen molar-refractivity contribution in [2.24, 2.45) is 18.4 Å². The van der Waals surface area contributed by atoms with Gasteiger partial charge in [0.25, 0.3) is 5.56 Å². The smallest absolute Gasteiger partial charge is 0.332 e. The highest BCUT2D eigenvalue weighted by molar-refractivity contribution is 5.75. The van der Waals surface area contributed by atoms with Crippen LogP contribution in [0.3, 0.4) is 0 Å². The number of hydrogen-bond acceptors (Lipinski definition) is 5. The minimum Gasteiger partial charge on any atom is -0.443 e. The Morgan fingerprint density at radius 2 is 1.92 bits per heavy atom. The second-order valence-electron chi connectivity index (χ2n) is 7.35. The molecule has 8 nitrogen and oxygen atoms in total.